The minimum absolute atomic E-state index is 0.0611. The fourth-order valence-corrected chi connectivity index (χ4v) is 3.00. The lowest BCUT2D eigenvalue weighted by Crippen LogP contribution is -2.43. The fraction of sp³-hybridized carbons (Fsp3) is 0.500. The Morgan fingerprint density at radius 2 is 2.21 bits per heavy atom. The molecule has 0 aromatic heterocycles. The third kappa shape index (κ3) is 2.63. The minimum atomic E-state index is 0.0611. The maximum absolute atomic E-state index is 8.94. The second-order valence-electron chi connectivity index (χ2n) is 5.17. The van der Waals surface area contributed by atoms with Crippen LogP contribution in [0, 0.1) is 5.92 Å². The normalized spacial score (nSPS) is 24.6. The number of oxime groups is 1. The zero-order valence-corrected chi connectivity index (χ0v) is 12.1. The second kappa shape index (κ2) is 5.70. The van der Waals surface area contributed by atoms with E-state index in [4.69, 9.17) is 22.5 Å². The van der Waals surface area contributed by atoms with Crippen molar-refractivity contribution in [1.29, 1.82) is 0 Å². The molecule has 1 heterocycles. The van der Waals surface area contributed by atoms with Crippen LogP contribution >= 0.6 is 11.6 Å². The average Bonchev–Trinajstić information content (AvgIpc) is 2.41. The van der Waals surface area contributed by atoms with Crippen molar-refractivity contribution in [3.05, 3.63) is 28.8 Å². The van der Waals surface area contributed by atoms with Gasteiger partial charge in [0, 0.05) is 18.3 Å². The summed E-state index contributed by atoms with van der Waals surface area (Å²) in [6.45, 7) is 5.43. The predicted molar refractivity (Wildman–Crippen MR) is 79.2 cm³/mol. The van der Waals surface area contributed by atoms with E-state index in [1.807, 2.05) is 12.1 Å². The van der Waals surface area contributed by atoms with Gasteiger partial charge < -0.3 is 15.8 Å². The molecular weight excluding hydrogens is 262 g/mol. The maximum Gasteiger partial charge on any atom is 0.173 e. The molecule has 3 N–H and O–H groups in total. The monoisotopic (exact) mass is 281 g/mol. The number of hydrogen-bond donors (Lipinski definition) is 2. The highest BCUT2D eigenvalue weighted by atomic mass is 35.5. The molecule has 1 fully saturated rings. The van der Waals surface area contributed by atoms with Gasteiger partial charge >= 0.3 is 0 Å². The highest BCUT2D eigenvalue weighted by Gasteiger charge is 2.27. The van der Waals surface area contributed by atoms with Gasteiger partial charge in [0.1, 0.15) is 0 Å². The summed E-state index contributed by atoms with van der Waals surface area (Å²) in [7, 11) is 0. The number of amidine groups is 1. The summed E-state index contributed by atoms with van der Waals surface area (Å²) in [5, 5.41) is 12.6. The van der Waals surface area contributed by atoms with E-state index >= 15 is 0 Å². The van der Waals surface area contributed by atoms with Crippen molar-refractivity contribution in [3.8, 4) is 0 Å². The first-order valence-corrected chi connectivity index (χ1v) is 6.97. The Labute approximate surface area is 118 Å². The number of rotatable bonds is 2. The Bertz CT molecular complexity index is 490. The van der Waals surface area contributed by atoms with E-state index in [0.717, 1.165) is 18.7 Å². The number of halogens is 1. The van der Waals surface area contributed by atoms with Gasteiger partial charge in [0.2, 0.25) is 0 Å². The van der Waals surface area contributed by atoms with E-state index in [-0.39, 0.29) is 5.84 Å². The van der Waals surface area contributed by atoms with Crippen LogP contribution in [0.25, 0.3) is 0 Å². The molecule has 1 aromatic carbocycles. The molecule has 0 bridgehead atoms. The predicted octanol–water partition coefficient (Wildman–Crippen LogP) is 3.06. The molecule has 0 spiro atoms. The zero-order chi connectivity index (χ0) is 14.0. The van der Waals surface area contributed by atoms with Crippen molar-refractivity contribution in [1.82, 2.24) is 0 Å². The largest absolute Gasteiger partial charge is 0.409 e. The molecule has 2 unspecified atom stereocenters. The summed E-state index contributed by atoms with van der Waals surface area (Å²) in [4.78, 5) is 2.30. The first kappa shape index (κ1) is 14.0. The van der Waals surface area contributed by atoms with Crippen molar-refractivity contribution >= 4 is 23.1 Å². The molecular formula is C14H20ClN3O. The zero-order valence-electron chi connectivity index (χ0n) is 11.3. The third-order valence-electron chi connectivity index (χ3n) is 4.04. The van der Waals surface area contributed by atoms with Crippen molar-refractivity contribution in [2.24, 2.45) is 16.8 Å². The average molecular weight is 282 g/mol. The SMILES string of the molecule is CC1CCCN(c2cccc(Cl)c2C(N)=NO)C1C. The Hall–Kier alpha value is -1.42. The van der Waals surface area contributed by atoms with Crippen LogP contribution in [0.4, 0.5) is 5.69 Å². The summed E-state index contributed by atoms with van der Waals surface area (Å²) < 4.78 is 0. The molecule has 1 aliphatic rings. The van der Waals surface area contributed by atoms with Crippen LogP contribution in [-0.4, -0.2) is 23.6 Å². The number of hydrogen-bond acceptors (Lipinski definition) is 3. The minimum Gasteiger partial charge on any atom is -0.409 e. The number of anilines is 1. The third-order valence-corrected chi connectivity index (χ3v) is 4.35. The van der Waals surface area contributed by atoms with Crippen molar-refractivity contribution in [2.45, 2.75) is 32.7 Å². The van der Waals surface area contributed by atoms with E-state index in [1.54, 1.807) is 6.07 Å². The molecule has 4 nitrogen and oxygen atoms in total. The molecule has 0 amide bonds. The fourth-order valence-electron chi connectivity index (χ4n) is 2.73. The first-order valence-electron chi connectivity index (χ1n) is 6.59. The first-order chi connectivity index (χ1) is 9.06. The van der Waals surface area contributed by atoms with E-state index < -0.39 is 0 Å². The molecule has 1 saturated heterocycles. The van der Waals surface area contributed by atoms with E-state index in [2.05, 4.69) is 23.9 Å². The van der Waals surface area contributed by atoms with Gasteiger partial charge in [-0.25, -0.2) is 0 Å². The Morgan fingerprint density at radius 1 is 1.47 bits per heavy atom. The number of benzene rings is 1. The molecule has 19 heavy (non-hydrogen) atoms. The molecule has 5 heteroatoms. The second-order valence-corrected chi connectivity index (χ2v) is 5.58. The molecule has 2 rings (SSSR count). The smallest absolute Gasteiger partial charge is 0.173 e. The van der Waals surface area contributed by atoms with Gasteiger partial charge in [-0.15, -0.1) is 0 Å². The number of nitrogens with zero attached hydrogens (tertiary/aromatic N) is 2. The standard InChI is InChI=1S/C14H20ClN3O/c1-9-5-4-8-18(10(9)2)12-7-3-6-11(15)13(12)14(16)17-19/h3,6-7,9-10,19H,4-5,8H2,1-2H3,(H2,16,17). The maximum atomic E-state index is 8.94. The van der Waals surface area contributed by atoms with Crippen LogP contribution < -0.4 is 10.6 Å². The van der Waals surface area contributed by atoms with E-state index in [1.165, 1.54) is 6.42 Å². The van der Waals surface area contributed by atoms with Crippen LogP contribution in [0.5, 0.6) is 0 Å². The highest BCUT2D eigenvalue weighted by Crippen LogP contribution is 2.33. The van der Waals surface area contributed by atoms with Crippen molar-refractivity contribution < 1.29 is 5.21 Å². The van der Waals surface area contributed by atoms with Crippen LogP contribution in [0.3, 0.4) is 0 Å². The van der Waals surface area contributed by atoms with E-state index in [9.17, 15) is 0 Å². The molecule has 0 radical (unpaired) electrons. The van der Waals surface area contributed by atoms with Gasteiger partial charge in [0.25, 0.3) is 0 Å². The van der Waals surface area contributed by atoms with E-state index in [0.29, 0.717) is 22.5 Å². The quantitative estimate of drug-likeness (QED) is 0.379. The highest BCUT2D eigenvalue weighted by molar-refractivity contribution is 6.34. The van der Waals surface area contributed by atoms with Crippen LogP contribution in [0.15, 0.2) is 23.4 Å². The molecule has 0 saturated carbocycles. The molecule has 1 aliphatic heterocycles. The lowest BCUT2D eigenvalue weighted by molar-refractivity contribution is 0.318. The summed E-state index contributed by atoms with van der Waals surface area (Å²) in [5.41, 5.74) is 7.34. The Morgan fingerprint density at radius 3 is 2.89 bits per heavy atom. The Balaban J connectivity index is 2.47. The number of piperidine rings is 1. The van der Waals surface area contributed by atoms with Crippen LogP contribution in [-0.2, 0) is 0 Å². The lowest BCUT2D eigenvalue weighted by atomic mass is 9.91. The molecule has 0 aliphatic carbocycles. The van der Waals surface area contributed by atoms with Crippen LogP contribution in [0.2, 0.25) is 5.02 Å². The van der Waals surface area contributed by atoms with Crippen LogP contribution in [0.1, 0.15) is 32.3 Å². The Kier molecular flexibility index (Phi) is 4.20. The van der Waals surface area contributed by atoms with Gasteiger partial charge in [-0.3, -0.25) is 0 Å². The molecule has 1 aromatic rings. The summed E-state index contributed by atoms with van der Waals surface area (Å²) in [6, 6.07) is 6.06. The summed E-state index contributed by atoms with van der Waals surface area (Å²) >= 11 is 6.21. The lowest BCUT2D eigenvalue weighted by Gasteiger charge is -2.40. The van der Waals surface area contributed by atoms with Gasteiger partial charge in [0.05, 0.1) is 10.6 Å². The van der Waals surface area contributed by atoms with Gasteiger partial charge in [0.15, 0.2) is 5.84 Å². The molecule has 104 valence electrons. The topological polar surface area (TPSA) is 61.8 Å². The van der Waals surface area contributed by atoms with Gasteiger partial charge in [-0.1, -0.05) is 29.7 Å². The summed E-state index contributed by atoms with van der Waals surface area (Å²) in [6.07, 6.45) is 2.38. The molecule has 2 atom stereocenters. The van der Waals surface area contributed by atoms with Gasteiger partial charge in [-0.2, -0.15) is 0 Å². The summed E-state index contributed by atoms with van der Waals surface area (Å²) in [5.74, 6) is 0.680. The number of nitrogens with two attached hydrogens (primary N) is 1. The van der Waals surface area contributed by atoms with Crippen molar-refractivity contribution in [3.63, 3.8) is 0 Å². The van der Waals surface area contributed by atoms with Gasteiger partial charge in [-0.05, 0) is 37.8 Å². The van der Waals surface area contributed by atoms with Crippen molar-refractivity contribution in [2.75, 3.05) is 11.4 Å².